The molecule has 1 heterocycles. The number of non-ortho nitro benzene ring substituents is 1. The first-order chi connectivity index (χ1) is 16.0. The van der Waals surface area contributed by atoms with Gasteiger partial charge in [0.15, 0.2) is 0 Å². The molecule has 0 saturated carbocycles. The Morgan fingerprint density at radius 3 is 2.42 bits per heavy atom. The molecule has 7 heteroatoms. The lowest BCUT2D eigenvalue weighted by Gasteiger charge is -2.15. The van der Waals surface area contributed by atoms with Gasteiger partial charge in [0.05, 0.1) is 16.3 Å². The summed E-state index contributed by atoms with van der Waals surface area (Å²) in [4.78, 5) is 24.8. The van der Waals surface area contributed by atoms with Gasteiger partial charge in [0, 0.05) is 49.1 Å². The van der Waals surface area contributed by atoms with Crippen LogP contribution in [0.15, 0.2) is 97.2 Å². The Labute approximate surface area is 191 Å². The molecule has 0 unspecified atom stereocenters. The van der Waals surface area contributed by atoms with Crippen LogP contribution in [0.1, 0.15) is 11.1 Å². The highest BCUT2D eigenvalue weighted by atomic mass is 16.6. The predicted octanol–water partition coefficient (Wildman–Crippen LogP) is 5.12. The zero-order valence-corrected chi connectivity index (χ0v) is 18.0. The monoisotopic (exact) mass is 438 g/mol. The number of nitrogens with zero attached hydrogens (tertiary/aromatic N) is 4. The van der Waals surface area contributed by atoms with E-state index in [-0.39, 0.29) is 11.6 Å². The minimum absolute atomic E-state index is 0.0150. The van der Waals surface area contributed by atoms with Gasteiger partial charge in [-0.2, -0.15) is 5.10 Å². The van der Waals surface area contributed by atoms with Crippen LogP contribution in [0.3, 0.4) is 0 Å². The summed E-state index contributed by atoms with van der Waals surface area (Å²) in [5, 5.41) is 15.7. The van der Waals surface area contributed by atoms with E-state index in [1.54, 1.807) is 30.2 Å². The molecule has 0 bridgehead atoms. The van der Waals surface area contributed by atoms with Crippen molar-refractivity contribution >= 4 is 17.7 Å². The van der Waals surface area contributed by atoms with Crippen LogP contribution in [0.2, 0.25) is 0 Å². The molecule has 4 rings (SSSR count). The summed E-state index contributed by atoms with van der Waals surface area (Å²) in [7, 11) is 1.72. The Bertz CT molecular complexity index is 1300. The molecule has 7 nitrogen and oxygen atoms in total. The molecule has 0 saturated heterocycles. The van der Waals surface area contributed by atoms with Crippen LogP contribution in [0.25, 0.3) is 23.0 Å². The van der Waals surface area contributed by atoms with Crippen LogP contribution in [0.4, 0.5) is 5.69 Å². The maximum Gasteiger partial charge on any atom is 0.270 e. The number of hydrogen-bond acceptors (Lipinski definition) is 4. The van der Waals surface area contributed by atoms with E-state index in [4.69, 9.17) is 5.10 Å². The Hall–Kier alpha value is -4.52. The fraction of sp³-hybridized carbons (Fsp3) is 0.0769. The Morgan fingerprint density at radius 1 is 1.03 bits per heavy atom. The Kier molecular flexibility index (Phi) is 6.40. The van der Waals surface area contributed by atoms with Gasteiger partial charge in [-0.25, -0.2) is 4.68 Å². The second-order valence-corrected chi connectivity index (χ2v) is 7.53. The first-order valence-electron chi connectivity index (χ1n) is 10.4. The minimum Gasteiger partial charge on any atom is -0.338 e. The highest BCUT2D eigenvalue weighted by Crippen LogP contribution is 2.25. The van der Waals surface area contributed by atoms with Crippen LogP contribution in [-0.2, 0) is 11.3 Å². The highest BCUT2D eigenvalue weighted by molar-refractivity contribution is 5.91. The van der Waals surface area contributed by atoms with Gasteiger partial charge in [-0.15, -0.1) is 0 Å². The van der Waals surface area contributed by atoms with Crippen LogP contribution in [-0.4, -0.2) is 32.6 Å². The number of nitro benzene ring substituents is 1. The first kappa shape index (κ1) is 21.7. The molecule has 1 aromatic heterocycles. The SMILES string of the molecule is CN(Cc1cn(-c2ccccc2)nc1-c1ccccc1)C(=O)/C=C/c1cccc([N+](=O)[O-])c1. The van der Waals surface area contributed by atoms with Gasteiger partial charge in [-0.1, -0.05) is 60.7 Å². The quantitative estimate of drug-likeness (QED) is 0.228. The smallest absolute Gasteiger partial charge is 0.270 e. The molecular weight excluding hydrogens is 416 g/mol. The number of para-hydroxylation sites is 1. The van der Waals surface area contributed by atoms with Crippen LogP contribution in [0, 0.1) is 10.1 Å². The number of rotatable bonds is 7. The van der Waals surface area contributed by atoms with Crippen molar-refractivity contribution in [3.8, 4) is 16.9 Å². The largest absolute Gasteiger partial charge is 0.338 e. The van der Waals surface area contributed by atoms with E-state index >= 15 is 0 Å². The van der Waals surface area contributed by atoms with Crippen molar-refractivity contribution in [3.05, 3.63) is 118 Å². The lowest BCUT2D eigenvalue weighted by Crippen LogP contribution is -2.24. The number of carbonyl (C=O) groups is 1. The van der Waals surface area contributed by atoms with Crippen molar-refractivity contribution in [2.45, 2.75) is 6.54 Å². The molecule has 0 N–H and O–H groups in total. The topological polar surface area (TPSA) is 81.3 Å². The molecule has 0 radical (unpaired) electrons. The number of likely N-dealkylation sites (N-methyl/N-ethyl adjacent to an activating group) is 1. The van der Waals surface area contributed by atoms with E-state index in [0.717, 1.165) is 22.5 Å². The van der Waals surface area contributed by atoms with Crippen molar-refractivity contribution in [1.82, 2.24) is 14.7 Å². The fourth-order valence-corrected chi connectivity index (χ4v) is 3.45. The molecule has 0 fully saturated rings. The Morgan fingerprint density at radius 2 is 1.73 bits per heavy atom. The molecular formula is C26H22N4O3. The average Bonchev–Trinajstić information content (AvgIpc) is 3.27. The number of benzene rings is 3. The highest BCUT2D eigenvalue weighted by Gasteiger charge is 2.16. The van der Waals surface area contributed by atoms with Gasteiger partial charge in [0.25, 0.3) is 5.69 Å². The number of aromatic nitrogens is 2. The van der Waals surface area contributed by atoms with Crippen LogP contribution in [0.5, 0.6) is 0 Å². The lowest BCUT2D eigenvalue weighted by molar-refractivity contribution is -0.384. The summed E-state index contributed by atoms with van der Waals surface area (Å²) in [5.74, 6) is -0.215. The van der Waals surface area contributed by atoms with E-state index in [2.05, 4.69) is 0 Å². The second kappa shape index (κ2) is 9.74. The molecule has 0 spiro atoms. The van der Waals surface area contributed by atoms with E-state index < -0.39 is 4.92 Å². The molecule has 0 aliphatic carbocycles. The lowest BCUT2D eigenvalue weighted by atomic mass is 10.1. The third-order valence-electron chi connectivity index (χ3n) is 5.14. The first-order valence-corrected chi connectivity index (χ1v) is 10.4. The third-order valence-corrected chi connectivity index (χ3v) is 5.14. The van der Waals surface area contributed by atoms with E-state index in [1.165, 1.54) is 18.2 Å². The van der Waals surface area contributed by atoms with Crippen molar-refractivity contribution in [1.29, 1.82) is 0 Å². The third kappa shape index (κ3) is 5.22. The number of hydrogen-bond donors (Lipinski definition) is 0. The van der Waals surface area contributed by atoms with Crippen molar-refractivity contribution in [2.75, 3.05) is 7.05 Å². The fourth-order valence-electron chi connectivity index (χ4n) is 3.45. The van der Waals surface area contributed by atoms with E-state index in [9.17, 15) is 14.9 Å². The standard InChI is InChI=1S/C26H22N4O3/c1-28(25(31)16-15-20-9-8-14-24(17-20)30(32)33)18-22-19-29(23-12-6-3-7-13-23)27-26(22)21-10-4-2-5-11-21/h2-17,19H,18H2,1H3/b16-15+. The summed E-state index contributed by atoms with van der Waals surface area (Å²) >= 11 is 0. The van der Waals surface area contributed by atoms with Crippen LogP contribution >= 0.6 is 0 Å². The molecule has 33 heavy (non-hydrogen) atoms. The van der Waals surface area contributed by atoms with Gasteiger partial charge in [-0.05, 0) is 23.8 Å². The summed E-state index contributed by atoms with van der Waals surface area (Å²) < 4.78 is 1.81. The van der Waals surface area contributed by atoms with Crippen molar-refractivity contribution in [2.24, 2.45) is 0 Å². The molecule has 0 aliphatic rings. The van der Waals surface area contributed by atoms with Gasteiger partial charge in [0.2, 0.25) is 5.91 Å². The van der Waals surface area contributed by atoms with E-state index in [1.807, 2.05) is 71.5 Å². The average molecular weight is 438 g/mol. The molecule has 0 atom stereocenters. The van der Waals surface area contributed by atoms with Gasteiger partial charge < -0.3 is 4.90 Å². The molecule has 1 amide bonds. The maximum absolute atomic E-state index is 12.7. The number of carbonyl (C=O) groups excluding carboxylic acids is 1. The maximum atomic E-state index is 12.7. The van der Waals surface area contributed by atoms with E-state index in [0.29, 0.717) is 12.1 Å². The van der Waals surface area contributed by atoms with Crippen LogP contribution < -0.4 is 0 Å². The van der Waals surface area contributed by atoms with Gasteiger partial charge >= 0.3 is 0 Å². The molecule has 4 aromatic rings. The molecule has 164 valence electrons. The van der Waals surface area contributed by atoms with Gasteiger partial charge in [-0.3, -0.25) is 14.9 Å². The Balaban J connectivity index is 1.57. The second-order valence-electron chi connectivity index (χ2n) is 7.53. The van der Waals surface area contributed by atoms with Crippen molar-refractivity contribution < 1.29 is 9.72 Å². The number of amides is 1. The zero-order valence-electron chi connectivity index (χ0n) is 18.0. The van der Waals surface area contributed by atoms with Gasteiger partial charge in [0.1, 0.15) is 0 Å². The molecule has 0 aliphatic heterocycles. The summed E-state index contributed by atoms with van der Waals surface area (Å²) in [5.41, 5.74) is 4.19. The normalized spacial score (nSPS) is 10.9. The summed E-state index contributed by atoms with van der Waals surface area (Å²) in [6.45, 7) is 0.356. The zero-order chi connectivity index (χ0) is 23.2. The summed E-state index contributed by atoms with van der Waals surface area (Å²) in [6, 6.07) is 25.8. The molecule has 3 aromatic carbocycles. The summed E-state index contributed by atoms with van der Waals surface area (Å²) in [6.07, 6.45) is 4.94. The van der Waals surface area contributed by atoms with Crippen molar-refractivity contribution in [3.63, 3.8) is 0 Å². The number of nitro groups is 1. The predicted molar refractivity (Wildman–Crippen MR) is 128 cm³/mol. The minimum atomic E-state index is -0.458.